The van der Waals surface area contributed by atoms with Gasteiger partial charge in [0, 0.05) is 5.02 Å². The predicted octanol–water partition coefficient (Wildman–Crippen LogP) is 1.10. The second-order valence-corrected chi connectivity index (χ2v) is 5.05. The first-order valence-corrected chi connectivity index (χ1v) is 6.95. The number of rotatable bonds is 2. The van der Waals surface area contributed by atoms with Crippen molar-refractivity contribution in [2.45, 2.75) is 6.54 Å². The molecule has 0 atom stereocenters. The molecule has 0 saturated heterocycles. The van der Waals surface area contributed by atoms with Gasteiger partial charge in [0.2, 0.25) is 0 Å². The molecule has 0 unspecified atom stereocenters. The van der Waals surface area contributed by atoms with Crippen LogP contribution in [0, 0.1) is 0 Å². The molecule has 0 amide bonds. The van der Waals surface area contributed by atoms with Gasteiger partial charge in [-0.1, -0.05) is 23.7 Å². The van der Waals surface area contributed by atoms with E-state index >= 15 is 0 Å². The van der Waals surface area contributed by atoms with Crippen molar-refractivity contribution in [3.8, 4) is 0 Å². The van der Waals surface area contributed by atoms with Gasteiger partial charge in [-0.15, -0.1) is 0 Å². The number of nitrogens with zero attached hydrogens (tertiary/aromatic N) is 2. The maximum absolute atomic E-state index is 8.74. The monoisotopic (exact) mass is 320 g/mol. The van der Waals surface area contributed by atoms with E-state index in [0.717, 1.165) is 5.56 Å². The lowest BCUT2D eigenvalue weighted by Crippen LogP contribution is -2.06. The fourth-order valence-corrected chi connectivity index (χ4v) is 1.42. The minimum Gasteiger partial charge on any atom is -0.394 e. The molecule has 20 heavy (non-hydrogen) atoms. The molecule has 2 rings (SSSR count). The molecule has 0 aliphatic carbocycles. The molecule has 0 bridgehead atoms. The molecule has 0 spiro atoms. The molecule has 0 saturated carbocycles. The van der Waals surface area contributed by atoms with Gasteiger partial charge in [-0.05, 0) is 17.7 Å². The van der Waals surface area contributed by atoms with Gasteiger partial charge in [-0.25, -0.2) is 4.68 Å². The van der Waals surface area contributed by atoms with Crippen LogP contribution in [-0.4, -0.2) is 27.3 Å². The molecular weight excluding hydrogens is 308 g/mol. The Morgan fingerprint density at radius 2 is 1.70 bits per heavy atom. The van der Waals surface area contributed by atoms with Crippen LogP contribution in [-0.2, 0) is 16.9 Å². The van der Waals surface area contributed by atoms with E-state index in [1.54, 1.807) is 10.9 Å². The molecule has 8 nitrogen and oxygen atoms in total. The van der Waals surface area contributed by atoms with Crippen molar-refractivity contribution in [3.63, 3.8) is 0 Å². The summed E-state index contributed by atoms with van der Waals surface area (Å²) in [5.74, 6) is 0.491. The highest BCUT2D eigenvalue weighted by molar-refractivity contribution is 7.79. The van der Waals surface area contributed by atoms with Crippen molar-refractivity contribution in [2.24, 2.45) is 0 Å². The zero-order valence-corrected chi connectivity index (χ0v) is 11.7. The summed E-state index contributed by atoms with van der Waals surface area (Å²) in [5.41, 5.74) is 12.9. The van der Waals surface area contributed by atoms with Gasteiger partial charge in [0.25, 0.3) is 0 Å². The Kier molecular flexibility index (Phi) is 5.34. The van der Waals surface area contributed by atoms with Crippen molar-refractivity contribution in [1.82, 2.24) is 9.78 Å². The highest BCUT2D eigenvalue weighted by Crippen LogP contribution is 2.15. The van der Waals surface area contributed by atoms with Gasteiger partial charge >= 0.3 is 10.4 Å². The summed E-state index contributed by atoms with van der Waals surface area (Å²) < 4.78 is 33.2. The SMILES string of the molecule is Nc1cnn(Cc2ccc(Cl)cc2)c1N.O=S(=O)(O)O. The number of hydrogen-bond donors (Lipinski definition) is 4. The highest BCUT2D eigenvalue weighted by atomic mass is 35.5. The largest absolute Gasteiger partial charge is 0.394 e. The molecule has 0 radical (unpaired) electrons. The lowest BCUT2D eigenvalue weighted by atomic mass is 10.2. The number of nitrogen functional groups attached to an aromatic ring is 2. The minimum absolute atomic E-state index is 0.491. The van der Waals surface area contributed by atoms with Crippen LogP contribution in [0.5, 0.6) is 0 Å². The van der Waals surface area contributed by atoms with Crippen LogP contribution in [0.2, 0.25) is 5.02 Å². The first kappa shape index (κ1) is 16.2. The third-order valence-corrected chi connectivity index (χ3v) is 2.41. The van der Waals surface area contributed by atoms with Gasteiger partial charge in [0.05, 0.1) is 18.4 Å². The third-order valence-electron chi connectivity index (χ3n) is 2.16. The van der Waals surface area contributed by atoms with Crippen LogP contribution in [0.3, 0.4) is 0 Å². The van der Waals surface area contributed by atoms with Crippen LogP contribution >= 0.6 is 11.6 Å². The quantitative estimate of drug-likeness (QED) is 0.606. The topological polar surface area (TPSA) is 144 Å². The van der Waals surface area contributed by atoms with Gasteiger partial charge in [-0.3, -0.25) is 9.11 Å². The summed E-state index contributed by atoms with van der Waals surface area (Å²) in [6.07, 6.45) is 1.55. The number of nitrogens with two attached hydrogens (primary N) is 2. The average molecular weight is 321 g/mol. The fourth-order valence-electron chi connectivity index (χ4n) is 1.30. The lowest BCUT2D eigenvalue weighted by molar-refractivity contribution is 0.381. The maximum atomic E-state index is 8.74. The summed E-state index contributed by atoms with van der Waals surface area (Å²) >= 11 is 5.78. The molecule has 6 N–H and O–H groups in total. The molecule has 0 aliphatic rings. The number of benzene rings is 1. The van der Waals surface area contributed by atoms with E-state index in [4.69, 9.17) is 40.6 Å². The van der Waals surface area contributed by atoms with Crippen LogP contribution in [0.25, 0.3) is 0 Å². The molecule has 1 aromatic carbocycles. The molecular formula is C10H13ClN4O4S. The Bertz CT molecular complexity index is 661. The number of aromatic nitrogens is 2. The number of halogens is 1. The smallest absolute Gasteiger partial charge is 0.394 e. The molecule has 0 aliphatic heterocycles. The standard InChI is InChI=1S/C10H11ClN4.H2O4S/c11-8-3-1-7(2-4-8)6-15-10(13)9(12)5-14-15;1-5(2,3)4/h1-5H,6,12-13H2;(H2,1,2,3,4). The second-order valence-electron chi connectivity index (χ2n) is 3.72. The van der Waals surface area contributed by atoms with E-state index in [-0.39, 0.29) is 0 Å². The zero-order valence-electron chi connectivity index (χ0n) is 10.1. The Hall–Kier alpha value is -1.81. The molecule has 1 heterocycles. The van der Waals surface area contributed by atoms with E-state index in [0.29, 0.717) is 23.1 Å². The molecule has 0 fully saturated rings. The molecule has 1 aromatic heterocycles. The highest BCUT2D eigenvalue weighted by Gasteiger charge is 2.04. The summed E-state index contributed by atoms with van der Waals surface area (Å²) in [4.78, 5) is 0. The third kappa shape index (κ3) is 5.89. The maximum Gasteiger partial charge on any atom is 0.394 e. The fraction of sp³-hybridized carbons (Fsp3) is 0.100. The van der Waals surface area contributed by atoms with Gasteiger partial charge < -0.3 is 11.5 Å². The van der Waals surface area contributed by atoms with Crippen molar-refractivity contribution >= 4 is 33.5 Å². The van der Waals surface area contributed by atoms with Crippen LogP contribution < -0.4 is 11.5 Å². The Labute approximate surface area is 120 Å². The van der Waals surface area contributed by atoms with Crippen molar-refractivity contribution < 1.29 is 17.5 Å². The number of anilines is 2. The molecule has 2 aromatic rings. The van der Waals surface area contributed by atoms with Gasteiger partial charge in [-0.2, -0.15) is 13.5 Å². The van der Waals surface area contributed by atoms with Crippen molar-refractivity contribution in [2.75, 3.05) is 11.5 Å². The Morgan fingerprint density at radius 3 is 2.10 bits per heavy atom. The summed E-state index contributed by atoms with van der Waals surface area (Å²) in [6, 6.07) is 7.53. The van der Waals surface area contributed by atoms with Crippen LogP contribution in [0.15, 0.2) is 30.5 Å². The zero-order chi connectivity index (χ0) is 15.3. The summed E-state index contributed by atoms with van der Waals surface area (Å²) in [6.45, 7) is 0.597. The minimum atomic E-state index is -4.67. The van der Waals surface area contributed by atoms with E-state index in [9.17, 15) is 0 Å². The average Bonchev–Trinajstić information content (AvgIpc) is 2.62. The van der Waals surface area contributed by atoms with Crippen LogP contribution in [0.4, 0.5) is 11.5 Å². The van der Waals surface area contributed by atoms with E-state index < -0.39 is 10.4 Å². The normalized spacial score (nSPS) is 10.8. The molecule has 10 heteroatoms. The molecule has 110 valence electrons. The lowest BCUT2D eigenvalue weighted by Gasteiger charge is -2.04. The van der Waals surface area contributed by atoms with Crippen LogP contribution in [0.1, 0.15) is 5.56 Å². The Balaban J connectivity index is 0.000000347. The Morgan fingerprint density at radius 1 is 1.20 bits per heavy atom. The van der Waals surface area contributed by atoms with E-state index in [2.05, 4.69) is 5.10 Å². The van der Waals surface area contributed by atoms with Crippen molar-refractivity contribution in [3.05, 3.63) is 41.0 Å². The van der Waals surface area contributed by atoms with Crippen molar-refractivity contribution in [1.29, 1.82) is 0 Å². The summed E-state index contributed by atoms with van der Waals surface area (Å²) in [5, 5.41) is 4.78. The van der Waals surface area contributed by atoms with Gasteiger partial charge in [0.1, 0.15) is 5.82 Å². The first-order valence-electron chi connectivity index (χ1n) is 5.18. The predicted molar refractivity (Wildman–Crippen MR) is 75.8 cm³/mol. The van der Waals surface area contributed by atoms with Gasteiger partial charge in [0.15, 0.2) is 0 Å². The summed E-state index contributed by atoms with van der Waals surface area (Å²) in [7, 11) is -4.67. The second kappa shape index (κ2) is 6.57. The number of hydrogen-bond acceptors (Lipinski definition) is 5. The van der Waals surface area contributed by atoms with E-state index in [1.165, 1.54) is 0 Å². The van der Waals surface area contributed by atoms with E-state index in [1.807, 2.05) is 24.3 Å². The first-order chi connectivity index (χ1) is 9.16.